The average molecular weight is 479 g/mol. The number of rotatable bonds is 7. The third kappa shape index (κ3) is 5.29. The van der Waals surface area contributed by atoms with E-state index in [2.05, 4.69) is 24.8 Å². The van der Waals surface area contributed by atoms with Crippen LogP contribution >= 0.6 is 11.3 Å². The molecule has 0 atom stereocenters. The lowest BCUT2D eigenvalue weighted by Crippen LogP contribution is -2.18. The van der Waals surface area contributed by atoms with Crippen LogP contribution < -0.4 is 5.32 Å². The number of aromatic nitrogens is 5. The highest BCUT2D eigenvalue weighted by Crippen LogP contribution is 2.22. The van der Waals surface area contributed by atoms with Gasteiger partial charge in [0.1, 0.15) is 5.69 Å². The van der Waals surface area contributed by atoms with Gasteiger partial charge in [0, 0.05) is 49.8 Å². The van der Waals surface area contributed by atoms with Gasteiger partial charge in [0.2, 0.25) is 5.95 Å². The van der Waals surface area contributed by atoms with E-state index in [9.17, 15) is 9.18 Å². The molecule has 0 radical (unpaired) electrons. The van der Waals surface area contributed by atoms with E-state index < -0.39 is 5.95 Å². The molecule has 34 heavy (non-hydrogen) atoms. The second-order valence-electron chi connectivity index (χ2n) is 7.96. The molecule has 8 nitrogen and oxygen atoms in total. The van der Waals surface area contributed by atoms with E-state index >= 15 is 0 Å². The van der Waals surface area contributed by atoms with Crippen molar-refractivity contribution in [2.75, 3.05) is 18.5 Å². The lowest BCUT2D eigenvalue weighted by atomic mass is 10.1. The fraction of sp³-hybridized carbons (Fsp3) is 0.250. The Morgan fingerprint density at radius 2 is 2.09 bits per heavy atom. The van der Waals surface area contributed by atoms with Gasteiger partial charge in [0.15, 0.2) is 5.13 Å². The first-order valence-electron chi connectivity index (χ1n) is 11.0. The van der Waals surface area contributed by atoms with Gasteiger partial charge in [-0.25, -0.2) is 15.0 Å². The largest absolute Gasteiger partial charge is 0.381 e. The molecular formula is C24H23FN6O2S. The van der Waals surface area contributed by atoms with Gasteiger partial charge < -0.3 is 13.9 Å². The molecule has 4 aromatic heterocycles. The molecule has 4 aromatic rings. The first kappa shape index (κ1) is 22.2. The molecule has 1 saturated heterocycles. The fourth-order valence-corrected chi connectivity index (χ4v) is 4.54. The second-order valence-corrected chi connectivity index (χ2v) is 8.82. The van der Waals surface area contributed by atoms with Gasteiger partial charge >= 0.3 is 0 Å². The van der Waals surface area contributed by atoms with Crippen molar-refractivity contribution in [3.05, 3.63) is 83.2 Å². The lowest BCUT2D eigenvalue weighted by Gasteiger charge is -2.22. The second kappa shape index (κ2) is 10.1. The molecule has 5 rings (SSSR count). The molecule has 1 fully saturated rings. The Hall–Kier alpha value is -3.63. The van der Waals surface area contributed by atoms with Crippen LogP contribution in [0.5, 0.6) is 0 Å². The van der Waals surface area contributed by atoms with Crippen molar-refractivity contribution in [2.24, 2.45) is 0 Å². The molecule has 0 aliphatic carbocycles. The van der Waals surface area contributed by atoms with Gasteiger partial charge in [-0.1, -0.05) is 0 Å². The minimum atomic E-state index is -0.547. The van der Waals surface area contributed by atoms with Gasteiger partial charge in [0.25, 0.3) is 5.91 Å². The van der Waals surface area contributed by atoms with Crippen LogP contribution in [0.25, 0.3) is 12.2 Å². The SMILES string of the molecule is O=C(Nc1nc(C=Cc2cn(C3CCOCC3)cn2)cs1)c1cccn1Cc1ccnc(F)c1. The van der Waals surface area contributed by atoms with E-state index in [0.717, 1.165) is 43.0 Å². The van der Waals surface area contributed by atoms with Crippen molar-refractivity contribution in [2.45, 2.75) is 25.4 Å². The van der Waals surface area contributed by atoms with Gasteiger partial charge in [-0.3, -0.25) is 10.1 Å². The number of carbonyl (C=O) groups excluding carboxylic acids is 1. The summed E-state index contributed by atoms with van der Waals surface area (Å²) in [4.78, 5) is 25.3. The summed E-state index contributed by atoms with van der Waals surface area (Å²) in [5, 5.41) is 5.22. The van der Waals surface area contributed by atoms with Crippen LogP contribution in [0.4, 0.5) is 9.52 Å². The molecule has 1 N–H and O–H groups in total. The maximum absolute atomic E-state index is 13.4. The zero-order valence-corrected chi connectivity index (χ0v) is 19.1. The molecule has 0 unspecified atom stereocenters. The number of carbonyl (C=O) groups is 1. The van der Waals surface area contributed by atoms with E-state index in [1.54, 1.807) is 29.0 Å². The summed E-state index contributed by atoms with van der Waals surface area (Å²) < 4.78 is 22.7. The fourth-order valence-electron chi connectivity index (χ4n) is 3.87. The molecule has 10 heteroatoms. The maximum atomic E-state index is 13.4. The van der Waals surface area contributed by atoms with Crippen LogP contribution in [-0.4, -0.2) is 43.2 Å². The first-order valence-corrected chi connectivity index (χ1v) is 11.8. The molecule has 5 heterocycles. The summed E-state index contributed by atoms with van der Waals surface area (Å²) in [5.74, 6) is -0.825. The predicted octanol–water partition coefficient (Wildman–Crippen LogP) is 4.50. The summed E-state index contributed by atoms with van der Waals surface area (Å²) in [7, 11) is 0. The third-order valence-electron chi connectivity index (χ3n) is 5.61. The topological polar surface area (TPSA) is 86.9 Å². The van der Waals surface area contributed by atoms with Crippen LogP contribution in [-0.2, 0) is 11.3 Å². The van der Waals surface area contributed by atoms with Crippen LogP contribution in [0.3, 0.4) is 0 Å². The van der Waals surface area contributed by atoms with Crippen molar-refractivity contribution >= 4 is 34.5 Å². The van der Waals surface area contributed by atoms with Crippen molar-refractivity contribution in [1.82, 2.24) is 24.1 Å². The van der Waals surface area contributed by atoms with Crippen molar-refractivity contribution in [3.63, 3.8) is 0 Å². The maximum Gasteiger partial charge on any atom is 0.274 e. The summed E-state index contributed by atoms with van der Waals surface area (Å²) in [6.07, 6.45) is 12.9. The van der Waals surface area contributed by atoms with Crippen LogP contribution in [0.1, 0.15) is 46.3 Å². The Bertz CT molecular complexity index is 1300. The van der Waals surface area contributed by atoms with E-state index in [1.807, 2.05) is 30.1 Å². The Balaban J connectivity index is 1.21. The quantitative estimate of drug-likeness (QED) is 0.395. The van der Waals surface area contributed by atoms with Crippen molar-refractivity contribution in [3.8, 4) is 0 Å². The molecule has 0 spiro atoms. The molecule has 174 valence electrons. The number of hydrogen-bond donors (Lipinski definition) is 1. The van der Waals surface area contributed by atoms with E-state index in [1.165, 1.54) is 23.6 Å². The number of pyridine rings is 1. The third-order valence-corrected chi connectivity index (χ3v) is 6.38. The minimum absolute atomic E-state index is 0.278. The van der Waals surface area contributed by atoms with E-state index in [-0.39, 0.29) is 5.91 Å². The summed E-state index contributed by atoms with van der Waals surface area (Å²) in [6.45, 7) is 1.93. The molecule has 0 bridgehead atoms. The Labute approximate surface area is 199 Å². The highest BCUT2D eigenvalue weighted by molar-refractivity contribution is 7.14. The first-order chi connectivity index (χ1) is 16.6. The molecular weight excluding hydrogens is 455 g/mol. The van der Waals surface area contributed by atoms with Gasteiger partial charge in [-0.15, -0.1) is 11.3 Å². The Morgan fingerprint density at radius 3 is 2.94 bits per heavy atom. The summed E-state index contributed by atoms with van der Waals surface area (Å²) in [5.41, 5.74) is 2.78. The average Bonchev–Trinajstić information content (AvgIpc) is 3.60. The summed E-state index contributed by atoms with van der Waals surface area (Å²) in [6, 6.07) is 7.00. The number of hydrogen-bond acceptors (Lipinski definition) is 6. The number of imidazole rings is 1. The standard InChI is InChI=1S/C24H23FN6O2S/c25-22-12-17(5-8-26-22)13-30-9-1-2-21(30)23(32)29-24-28-19(15-34-24)4-3-18-14-31(16-27-18)20-6-10-33-11-7-20/h1-5,8-9,12,14-16,20H,6-7,10-11,13H2,(H,28,29,32). The van der Waals surface area contributed by atoms with E-state index in [0.29, 0.717) is 23.4 Å². The Morgan fingerprint density at radius 1 is 1.24 bits per heavy atom. The monoisotopic (exact) mass is 478 g/mol. The number of amides is 1. The normalized spacial score (nSPS) is 14.6. The van der Waals surface area contributed by atoms with Crippen LogP contribution in [0.15, 0.2) is 54.6 Å². The zero-order chi connectivity index (χ0) is 23.3. The highest BCUT2D eigenvalue weighted by atomic mass is 32.1. The number of thiazole rings is 1. The number of nitrogens with zero attached hydrogens (tertiary/aromatic N) is 5. The molecule has 1 aliphatic rings. The molecule has 1 amide bonds. The smallest absolute Gasteiger partial charge is 0.274 e. The minimum Gasteiger partial charge on any atom is -0.381 e. The van der Waals surface area contributed by atoms with Gasteiger partial charge in [-0.05, 0) is 54.8 Å². The Kier molecular flexibility index (Phi) is 6.59. The predicted molar refractivity (Wildman–Crippen MR) is 128 cm³/mol. The van der Waals surface area contributed by atoms with Crippen LogP contribution in [0, 0.1) is 5.95 Å². The number of ether oxygens (including phenoxy) is 1. The highest BCUT2D eigenvalue weighted by Gasteiger charge is 2.16. The summed E-state index contributed by atoms with van der Waals surface area (Å²) >= 11 is 1.35. The number of anilines is 1. The lowest BCUT2D eigenvalue weighted by molar-refractivity contribution is 0.0695. The molecule has 1 aliphatic heterocycles. The number of nitrogens with one attached hydrogen (secondary N) is 1. The van der Waals surface area contributed by atoms with Crippen LogP contribution in [0.2, 0.25) is 0 Å². The van der Waals surface area contributed by atoms with Gasteiger partial charge in [0.05, 0.1) is 17.7 Å². The van der Waals surface area contributed by atoms with Crippen molar-refractivity contribution in [1.29, 1.82) is 0 Å². The number of halogens is 1. The van der Waals surface area contributed by atoms with Gasteiger partial charge in [-0.2, -0.15) is 4.39 Å². The van der Waals surface area contributed by atoms with E-state index in [4.69, 9.17) is 4.74 Å². The van der Waals surface area contributed by atoms with Crippen molar-refractivity contribution < 1.29 is 13.9 Å². The molecule has 0 aromatic carbocycles. The molecule has 0 saturated carbocycles. The zero-order valence-electron chi connectivity index (χ0n) is 18.3.